The van der Waals surface area contributed by atoms with E-state index in [1.807, 2.05) is 36.5 Å². The summed E-state index contributed by atoms with van der Waals surface area (Å²) >= 11 is 0. The number of rotatable bonds is 2. The fourth-order valence-electron chi connectivity index (χ4n) is 3.21. The predicted octanol–water partition coefficient (Wildman–Crippen LogP) is 3.05. The number of hydrogen-bond acceptors (Lipinski definition) is 2. The highest BCUT2D eigenvalue weighted by Crippen LogP contribution is 2.35. The summed E-state index contributed by atoms with van der Waals surface area (Å²) in [6.07, 6.45) is 2.02. The lowest BCUT2D eigenvalue weighted by Crippen LogP contribution is -2.26. The van der Waals surface area contributed by atoms with Crippen molar-refractivity contribution in [3.05, 3.63) is 65.4 Å². The normalized spacial score (nSPS) is 17.1. The molecule has 0 saturated heterocycles. The van der Waals surface area contributed by atoms with Crippen molar-refractivity contribution >= 4 is 16.8 Å². The summed E-state index contributed by atoms with van der Waals surface area (Å²) in [5.41, 5.74) is 4.07. The maximum absolute atomic E-state index is 12.3. The quantitative estimate of drug-likeness (QED) is 0.762. The van der Waals surface area contributed by atoms with Crippen LogP contribution in [0.4, 0.5) is 0 Å². The molecule has 2 heterocycles. The molecular weight excluding hydrogens is 276 g/mol. The molecule has 0 radical (unpaired) electrons. The van der Waals surface area contributed by atoms with Crippen LogP contribution in [-0.4, -0.2) is 24.5 Å². The van der Waals surface area contributed by atoms with Crippen LogP contribution in [0.1, 0.15) is 27.4 Å². The van der Waals surface area contributed by atoms with E-state index in [0.717, 1.165) is 27.8 Å². The van der Waals surface area contributed by atoms with Crippen LogP contribution in [-0.2, 0) is 0 Å². The van der Waals surface area contributed by atoms with E-state index in [-0.39, 0.29) is 11.8 Å². The molecule has 1 aromatic heterocycles. The van der Waals surface area contributed by atoms with Crippen LogP contribution in [0.5, 0.6) is 5.75 Å². The van der Waals surface area contributed by atoms with Crippen molar-refractivity contribution in [2.24, 2.45) is 0 Å². The largest absolute Gasteiger partial charge is 0.497 e. The second-order valence-corrected chi connectivity index (χ2v) is 5.51. The van der Waals surface area contributed by atoms with Gasteiger partial charge in [0.2, 0.25) is 0 Å². The Morgan fingerprint density at radius 2 is 1.95 bits per heavy atom. The van der Waals surface area contributed by atoms with Gasteiger partial charge in [-0.25, -0.2) is 0 Å². The second-order valence-electron chi connectivity index (χ2n) is 5.51. The van der Waals surface area contributed by atoms with Gasteiger partial charge in [0, 0.05) is 35.1 Å². The van der Waals surface area contributed by atoms with E-state index in [4.69, 9.17) is 4.74 Å². The molecule has 110 valence electrons. The van der Waals surface area contributed by atoms with Crippen molar-refractivity contribution in [1.29, 1.82) is 0 Å². The summed E-state index contributed by atoms with van der Waals surface area (Å²) in [7, 11) is 1.66. The lowest BCUT2D eigenvalue weighted by atomic mass is 9.91. The van der Waals surface area contributed by atoms with Crippen LogP contribution in [0, 0.1) is 0 Å². The van der Waals surface area contributed by atoms with Crippen LogP contribution in [0.15, 0.2) is 48.7 Å². The van der Waals surface area contributed by atoms with Gasteiger partial charge in [0.15, 0.2) is 0 Å². The molecule has 0 saturated carbocycles. The predicted molar refractivity (Wildman–Crippen MR) is 85.5 cm³/mol. The Morgan fingerprint density at radius 1 is 1.14 bits per heavy atom. The average Bonchev–Trinajstić information content (AvgIpc) is 2.93. The topological polar surface area (TPSA) is 54.1 Å². The number of ether oxygens (including phenoxy) is 1. The third kappa shape index (κ3) is 1.88. The minimum absolute atomic E-state index is 0.0116. The smallest absolute Gasteiger partial charge is 0.252 e. The fraction of sp³-hybridized carbons (Fsp3) is 0.167. The summed E-state index contributed by atoms with van der Waals surface area (Å²) in [6.45, 7) is 0.590. The van der Waals surface area contributed by atoms with E-state index in [1.165, 1.54) is 5.56 Å². The van der Waals surface area contributed by atoms with E-state index < -0.39 is 0 Å². The third-order valence-electron chi connectivity index (χ3n) is 4.34. The molecule has 3 aromatic rings. The Labute approximate surface area is 128 Å². The Bertz CT molecular complexity index is 849. The van der Waals surface area contributed by atoms with Crippen LogP contribution in [0.25, 0.3) is 10.9 Å². The zero-order valence-electron chi connectivity index (χ0n) is 12.2. The van der Waals surface area contributed by atoms with Crippen LogP contribution in [0.3, 0.4) is 0 Å². The van der Waals surface area contributed by atoms with Gasteiger partial charge < -0.3 is 15.0 Å². The summed E-state index contributed by atoms with van der Waals surface area (Å²) in [5.74, 6) is 0.954. The highest BCUT2D eigenvalue weighted by molar-refractivity contribution is 6.08. The molecule has 1 aliphatic heterocycles. The number of benzene rings is 2. The number of carbonyl (C=O) groups is 1. The molecule has 2 aromatic carbocycles. The maximum atomic E-state index is 12.3. The second kappa shape index (κ2) is 4.91. The summed E-state index contributed by atoms with van der Waals surface area (Å²) in [4.78, 5) is 15.6. The number of amides is 1. The van der Waals surface area contributed by atoms with Gasteiger partial charge >= 0.3 is 0 Å². The van der Waals surface area contributed by atoms with Gasteiger partial charge in [0.1, 0.15) is 5.75 Å². The summed E-state index contributed by atoms with van der Waals surface area (Å²) in [6, 6.07) is 13.8. The zero-order valence-corrected chi connectivity index (χ0v) is 12.2. The van der Waals surface area contributed by atoms with E-state index in [2.05, 4.69) is 22.4 Å². The van der Waals surface area contributed by atoms with E-state index in [9.17, 15) is 4.79 Å². The van der Waals surface area contributed by atoms with Crippen molar-refractivity contribution in [2.75, 3.05) is 13.7 Å². The first-order valence-corrected chi connectivity index (χ1v) is 7.30. The van der Waals surface area contributed by atoms with Crippen molar-refractivity contribution in [1.82, 2.24) is 10.3 Å². The van der Waals surface area contributed by atoms with Gasteiger partial charge in [0.05, 0.1) is 7.11 Å². The SMILES string of the molecule is COc1ccc(C2CNC(=O)c3cccc4[nH]cc2c34)cc1. The third-order valence-corrected chi connectivity index (χ3v) is 4.34. The molecule has 0 fully saturated rings. The van der Waals surface area contributed by atoms with Gasteiger partial charge in [-0.2, -0.15) is 0 Å². The molecule has 22 heavy (non-hydrogen) atoms. The standard InChI is InChI=1S/C18H16N2O2/c1-22-12-7-5-11(6-8-12)14-9-20-18(21)13-3-2-4-16-17(13)15(14)10-19-16/h2-8,10,14,19H,9H2,1H3,(H,20,21). The molecule has 1 atom stereocenters. The molecule has 0 spiro atoms. The van der Waals surface area contributed by atoms with Gasteiger partial charge in [0.25, 0.3) is 5.91 Å². The van der Waals surface area contributed by atoms with Gasteiger partial charge in [-0.3, -0.25) is 4.79 Å². The first-order chi connectivity index (χ1) is 10.8. The molecule has 1 amide bonds. The molecule has 1 unspecified atom stereocenters. The van der Waals surface area contributed by atoms with Crippen molar-refractivity contribution in [3.8, 4) is 5.75 Å². The van der Waals surface area contributed by atoms with Gasteiger partial charge in [-0.1, -0.05) is 18.2 Å². The lowest BCUT2D eigenvalue weighted by molar-refractivity contribution is 0.0956. The maximum Gasteiger partial charge on any atom is 0.252 e. The van der Waals surface area contributed by atoms with Gasteiger partial charge in [-0.15, -0.1) is 0 Å². The number of hydrogen-bond donors (Lipinski definition) is 2. The molecule has 0 aliphatic carbocycles. The van der Waals surface area contributed by atoms with Crippen molar-refractivity contribution < 1.29 is 9.53 Å². The lowest BCUT2D eigenvalue weighted by Gasteiger charge is -2.15. The van der Waals surface area contributed by atoms with Gasteiger partial charge in [-0.05, 0) is 35.4 Å². The molecule has 4 rings (SSSR count). The molecule has 4 heteroatoms. The molecule has 2 N–H and O–H groups in total. The monoisotopic (exact) mass is 292 g/mol. The number of carbonyl (C=O) groups excluding carboxylic acids is 1. The summed E-state index contributed by atoms with van der Waals surface area (Å²) < 4.78 is 5.22. The van der Waals surface area contributed by atoms with E-state index >= 15 is 0 Å². The molecule has 4 nitrogen and oxygen atoms in total. The Balaban J connectivity index is 1.88. The fourth-order valence-corrected chi connectivity index (χ4v) is 3.21. The first kappa shape index (κ1) is 13.0. The van der Waals surface area contributed by atoms with Crippen molar-refractivity contribution in [3.63, 3.8) is 0 Å². The minimum atomic E-state index is -0.0116. The minimum Gasteiger partial charge on any atom is -0.497 e. The first-order valence-electron chi connectivity index (χ1n) is 7.30. The Hall–Kier alpha value is -2.75. The number of H-pyrrole nitrogens is 1. The van der Waals surface area contributed by atoms with Crippen molar-refractivity contribution in [2.45, 2.75) is 5.92 Å². The zero-order chi connectivity index (χ0) is 15.1. The van der Waals surface area contributed by atoms with Crippen LogP contribution >= 0.6 is 0 Å². The van der Waals surface area contributed by atoms with Crippen LogP contribution in [0.2, 0.25) is 0 Å². The summed E-state index contributed by atoms with van der Waals surface area (Å²) in [5, 5.41) is 4.06. The number of aromatic amines is 1. The highest BCUT2D eigenvalue weighted by atomic mass is 16.5. The number of aromatic nitrogens is 1. The number of nitrogens with one attached hydrogen (secondary N) is 2. The van der Waals surface area contributed by atoms with Crippen LogP contribution < -0.4 is 10.1 Å². The van der Waals surface area contributed by atoms with E-state index in [1.54, 1.807) is 7.11 Å². The Kier molecular flexibility index (Phi) is 2.89. The number of methoxy groups -OCH3 is 1. The Morgan fingerprint density at radius 3 is 2.73 bits per heavy atom. The average molecular weight is 292 g/mol. The molecule has 0 bridgehead atoms. The highest BCUT2D eigenvalue weighted by Gasteiger charge is 2.25. The molecule has 1 aliphatic rings. The molecular formula is C18H16N2O2. The van der Waals surface area contributed by atoms with E-state index in [0.29, 0.717) is 6.54 Å².